The fourth-order valence-corrected chi connectivity index (χ4v) is 3.78. The van der Waals surface area contributed by atoms with Crippen molar-refractivity contribution in [1.29, 1.82) is 0 Å². The molecule has 0 spiro atoms. The smallest absolute Gasteiger partial charge is 0.224 e. The van der Waals surface area contributed by atoms with Gasteiger partial charge in [0.2, 0.25) is 5.91 Å². The van der Waals surface area contributed by atoms with Crippen LogP contribution in [0.3, 0.4) is 0 Å². The number of rotatable bonds is 9. The van der Waals surface area contributed by atoms with E-state index in [1.54, 1.807) is 0 Å². The van der Waals surface area contributed by atoms with Crippen LogP contribution in [0.25, 0.3) is 0 Å². The summed E-state index contributed by atoms with van der Waals surface area (Å²) < 4.78 is 5.50. The minimum Gasteiger partial charge on any atom is -0.379 e. The zero-order valence-electron chi connectivity index (χ0n) is 17.9. The van der Waals surface area contributed by atoms with Gasteiger partial charge in [0.1, 0.15) is 0 Å². The van der Waals surface area contributed by atoms with Gasteiger partial charge in [-0.05, 0) is 32.1 Å². The summed E-state index contributed by atoms with van der Waals surface area (Å²) in [5, 5.41) is 6.64. The van der Waals surface area contributed by atoms with Crippen LogP contribution in [0.5, 0.6) is 0 Å². The molecule has 0 aromatic heterocycles. The van der Waals surface area contributed by atoms with Gasteiger partial charge in [0.05, 0.1) is 19.8 Å². The van der Waals surface area contributed by atoms with E-state index in [0.29, 0.717) is 24.9 Å². The fourth-order valence-electron chi connectivity index (χ4n) is 3.78. The van der Waals surface area contributed by atoms with E-state index in [4.69, 9.17) is 9.73 Å². The van der Waals surface area contributed by atoms with Crippen LogP contribution in [0.4, 0.5) is 0 Å². The lowest BCUT2D eigenvalue weighted by atomic mass is 10.0. The number of halogens is 1. The Hall–Kier alpha value is -0.610. The van der Waals surface area contributed by atoms with Gasteiger partial charge in [-0.3, -0.25) is 14.7 Å². The second-order valence-corrected chi connectivity index (χ2v) is 7.92. The molecule has 0 radical (unpaired) electrons. The molecule has 7 nitrogen and oxygen atoms in total. The van der Waals surface area contributed by atoms with Gasteiger partial charge < -0.3 is 20.3 Å². The quantitative estimate of drug-likeness (QED) is 0.283. The van der Waals surface area contributed by atoms with E-state index in [1.165, 1.54) is 0 Å². The number of nitrogens with one attached hydrogen (secondary N) is 2. The second-order valence-electron chi connectivity index (χ2n) is 7.92. The monoisotopic (exact) mass is 509 g/mol. The van der Waals surface area contributed by atoms with Crippen LogP contribution >= 0.6 is 24.0 Å². The van der Waals surface area contributed by atoms with Gasteiger partial charge in [-0.15, -0.1) is 24.0 Å². The number of nitrogens with zero attached hydrogens (tertiary/aromatic N) is 3. The van der Waals surface area contributed by atoms with Gasteiger partial charge in [-0.1, -0.05) is 13.8 Å². The second kappa shape index (κ2) is 14.4. The van der Waals surface area contributed by atoms with Crippen LogP contribution in [0.1, 0.15) is 46.5 Å². The molecule has 2 fully saturated rings. The van der Waals surface area contributed by atoms with E-state index in [1.807, 2.05) is 4.90 Å². The summed E-state index contributed by atoms with van der Waals surface area (Å²) in [6.45, 7) is 14.3. The van der Waals surface area contributed by atoms with Crippen molar-refractivity contribution in [3.8, 4) is 0 Å². The molecular formula is C20H40IN5O2. The van der Waals surface area contributed by atoms with Crippen molar-refractivity contribution >= 4 is 35.8 Å². The normalized spacial score (nSPS) is 19.4. The van der Waals surface area contributed by atoms with E-state index in [0.717, 1.165) is 77.7 Å². The molecule has 0 aromatic carbocycles. The summed E-state index contributed by atoms with van der Waals surface area (Å²) in [6.07, 6.45) is 3.95. The first-order valence-electron chi connectivity index (χ1n) is 10.7. The van der Waals surface area contributed by atoms with Crippen molar-refractivity contribution in [3.63, 3.8) is 0 Å². The summed E-state index contributed by atoms with van der Waals surface area (Å²) in [5.74, 6) is 1.71. The summed E-state index contributed by atoms with van der Waals surface area (Å²) >= 11 is 0. The molecule has 2 rings (SSSR count). The summed E-state index contributed by atoms with van der Waals surface area (Å²) in [7, 11) is 0. The van der Waals surface area contributed by atoms with Crippen LogP contribution in [-0.4, -0.2) is 86.7 Å². The molecular weight excluding hydrogens is 469 g/mol. The fraction of sp³-hybridized carbons (Fsp3) is 0.900. The van der Waals surface area contributed by atoms with Crippen molar-refractivity contribution in [2.75, 3.05) is 59.0 Å². The molecule has 0 saturated carbocycles. The first kappa shape index (κ1) is 25.4. The highest BCUT2D eigenvalue weighted by atomic mass is 127. The number of hydrogen-bond donors (Lipinski definition) is 2. The van der Waals surface area contributed by atoms with Crippen molar-refractivity contribution < 1.29 is 9.53 Å². The summed E-state index contributed by atoms with van der Waals surface area (Å²) in [5.41, 5.74) is 0. The minimum atomic E-state index is 0. The first-order chi connectivity index (χ1) is 13.1. The molecule has 1 unspecified atom stereocenters. The number of hydrogen-bond acceptors (Lipinski definition) is 4. The Morgan fingerprint density at radius 3 is 2.39 bits per heavy atom. The number of guanidine groups is 1. The molecule has 2 heterocycles. The molecule has 2 aliphatic rings. The van der Waals surface area contributed by atoms with Crippen LogP contribution in [-0.2, 0) is 9.53 Å². The minimum absolute atomic E-state index is 0. The lowest BCUT2D eigenvalue weighted by Gasteiger charge is -2.34. The summed E-state index contributed by atoms with van der Waals surface area (Å²) in [4.78, 5) is 21.5. The predicted molar refractivity (Wildman–Crippen MR) is 125 cm³/mol. The molecule has 0 bridgehead atoms. The van der Waals surface area contributed by atoms with Crippen LogP contribution in [0, 0.1) is 5.92 Å². The molecule has 164 valence electrons. The van der Waals surface area contributed by atoms with Crippen LogP contribution in [0.15, 0.2) is 4.99 Å². The van der Waals surface area contributed by atoms with E-state index in [9.17, 15) is 4.79 Å². The Kier molecular flexibility index (Phi) is 13.1. The third-order valence-corrected chi connectivity index (χ3v) is 5.20. The highest BCUT2D eigenvalue weighted by Crippen LogP contribution is 2.14. The Morgan fingerprint density at radius 2 is 1.79 bits per heavy atom. The zero-order valence-corrected chi connectivity index (χ0v) is 20.2. The summed E-state index contributed by atoms with van der Waals surface area (Å²) in [6, 6.07) is 0.440. The standard InChI is InChI=1S/C20H39N5O2.HI/c1-4-21-20(22-8-7-19(26)25-9-5-6-10-25)23-16-18(15-17(2)3)24-11-13-27-14-12-24;/h17-18H,4-16H2,1-3H3,(H2,21,22,23);1H. The SMILES string of the molecule is CCNC(=NCC(CC(C)C)N1CCOCC1)NCCC(=O)N1CCCC1.I. The van der Waals surface area contributed by atoms with Gasteiger partial charge >= 0.3 is 0 Å². The van der Waals surface area contributed by atoms with Crippen molar-refractivity contribution in [1.82, 2.24) is 20.4 Å². The van der Waals surface area contributed by atoms with E-state index >= 15 is 0 Å². The van der Waals surface area contributed by atoms with Crippen molar-refractivity contribution in [3.05, 3.63) is 0 Å². The molecule has 2 N–H and O–H groups in total. The van der Waals surface area contributed by atoms with Gasteiger partial charge in [-0.2, -0.15) is 0 Å². The average molecular weight is 509 g/mol. The van der Waals surface area contributed by atoms with Crippen LogP contribution in [0.2, 0.25) is 0 Å². The maximum atomic E-state index is 12.2. The molecule has 1 atom stereocenters. The number of carbonyl (C=O) groups excluding carboxylic acids is 1. The average Bonchev–Trinajstić information content (AvgIpc) is 3.20. The van der Waals surface area contributed by atoms with Crippen molar-refractivity contribution in [2.45, 2.75) is 52.5 Å². The highest BCUT2D eigenvalue weighted by molar-refractivity contribution is 14.0. The van der Waals surface area contributed by atoms with E-state index in [2.05, 4.69) is 36.3 Å². The molecule has 0 aromatic rings. The lowest BCUT2D eigenvalue weighted by molar-refractivity contribution is -0.129. The van der Waals surface area contributed by atoms with Gasteiger partial charge in [0.15, 0.2) is 5.96 Å². The number of likely N-dealkylation sites (tertiary alicyclic amines) is 1. The molecule has 2 aliphatic heterocycles. The molecule has 2 saturated heterocycles. The Morgan fingerprint density at radius 1 is 1.11 bits per heavy atom. The van der Waals surface area contributed by atoms with Gasteiger partial charge in [-0.25, -0.2) is 0 Å². The maximum Gasteiger partial charge on any atom is 0.224 e. The van der Waals surface area contributed by atoms with E-state index in [-0.39, 0.29) is 29.9 Å². The highest BCUT2D eigenvalue weighted by Gasteiger charge is 2.22. The number of ether oxygens (including phenoxy) is 1. The third kappa shape index (κ3) is 9.26. The largest absolute Gasteiger partial charge is 0.379 e. The number of morpholine rings is 1. The topological polar surface area (TPSA) is 69.2 Å². The third-order valence-electron chi connectivity index (χ3n) is 5.20. The van der Waals surface area contributed by atoms with Gasteiger partial charge in [0, 0.05) is 51.7 Å². The molecule has 8 heteroatoms. The lowest BCUT2D eigenvalue weighted by Crippen LogP contribution is -2.46. The Bertz CT molecular complexity index is 464. The number of carbonyl (C=O) groups is 1. The van der Waals surface area contributed by atoms with Crippen molar-refractivity contribution in [2.24, 2.45) is 10.9 Å². The molecule has 1 amide bonds. The molecule has 28 heavy (non-hydrogen) atoms. The Balaban J connectivity index is 0.00000392. The zero-order chi connectivity index (χ0) is 19.5. The molecule has 0 aliphatic carbocycles. The first-order valence-corrected chi connectivity index (χ1v) is 10.7. The van der Waals surface area contributed by atoms with E-state index < -0.39 is 0 Å². The van der Waals surface area contributed by atoms with Crippen LogP contribution < -0.4 is 10.6 Å². The van der Waals surface area contributed by atoms with Gasteiger partial charge in [0.25, 0.3) is 0 Å². The number of aliphatic imine (C=N–C) groups is 1. The number of amides is 1. The predicted octanol–water partition coefficient (Wildman–Crippen LogP) is 1.92. The Labute approximate surface area is 188 Å². The maximum absolute atomic E-state index is 12.2.